The monoisotopic (exact) mass is 297 g/mol. The largest absolute Gasteiger partial charge is 0.483 e. The first-order chi connectivity index (χ1) is 9.10. The lowest BCUT2D eigenvalue weighted by atomic mass is 10.3. The quantitative estimate of drug-likeness (QED) is 0.916. The van der Waals surface area contributed by atoms with Gasteiger partial charge in [-0.1, -0.05) is 29.0 Å². The van der Waals surface area contributed by atoms with E-state index in [0.717, 1.165) is 15.8 Å². The minimum absolute atomic E-state index is 0.145. The molecule has 1 aromatic heterocycles. The summed E-state index contributed by atoms with van der Waals surface area (Å²) in [5.74, 6) is 0.735. The summed E-state index contributed by atoms with van der Waals surface area (Å²) < 4.78 is 5.81. The maximum Gasteiger partial charge on any atom is 0.158 e. The Kier molecular flexibility index (Phi) is 4.74. The molecule has 0 aliphatic heterocycles. The van der Waals surface area contributed by atoms with Crippen molar-refractivity contribution in [2.45, 2.75) is 26.0 Å². The lowest BCUT2D eigenvalue weighted by Gasteiger charge is -2.11. The molecule has 0 radical (unpaired) electrons. The first-order valence-electron chi connectivity index (χ1n) is 6.03. The maximum absolute atomic E-state index is 5.93. The Bertz CT molecular complexity index is 546. The molecular formula is C13H16ClN3OS. The number of hydrogen-bond donors (Lipinski definition) is 1. The second-order valence-electron chi connectivity index (χ2n) is 4.21. The molecule has 0 fully saturated rings. The highest BCUT2D eigenvalue weighted by molar-refractivity contribution is 7.11. The first kappa shape index (κ1) is 14.2. The van der Waals surface area contributed by atoms with Crippen molar-refractivity contribution in [2.24, 2.45) is 0 Å². The van der Waals surface area contributed by atoms with E-state index < -0.39 is 0 Å². The average Bonchev–Trinajstić information content (AvgIpc) is 2.87. The fourth-order valence-corrected chi connectivity index (χ4v) is 2.57. The van der Waals surface area contributed by atoms with Crippen LogP contribution in [-0.4, -0.2) is 17.2 Å². The van der Waals surface area contributed by atoms with Crippen molar-refractivity contribution < 1.29 is 4.74 Å². The van der Waals surface area contributed by atoms with E-state index in [9.17, 15) is 0 Å². The van der Waals surface area contributed by atoms with Gasteiger partial charge in [0.05, 0.1) is 6.04 Å². The fourth-order valence-electron chi connectivity index (χ4n) is 1.50. The van der Waals surface area contributed by atoms with Crippen molar-refractivity contribution in [1.82, 2.24) is 15.5 Å². The van der Waals surface area contributed by atoms with Gasteiger partial charge in [0.15, 0.2) is 5.01 Å². The zero-order chi connectivity index (χ0) is 13.8. The van der Waals surface area contributed by atoms with Gasteiger partial charge < -0.3 is 10.1 Å². The summed E-state index contributed by atoms with van der Waals surface area (Å²) in [6.45, 7) is 4.00. The summed E-state index contributed by atoms with van der Waals surface area (Å²) >= 11 is 7.48. The normalized spacial score (nSPS) is 14.1. The standard InChI is InChI=1S/C13H16ClN3OS/c1-8(15-3)12-16-17-13(19-12)9(2)18-11-6-4-5-10(14)7-11/h4-9,15H,1-3H3. The van der Waals surface area contributed by atoms with Gasteiger partial charge in [0, 0.05) is 5.02 Å². The van der Waals surface area contributed by atoms with Crippen molar-refractivity contribution in [2.75, 3.05) is 7.05 Å². The van der Waals surface area contributed by atoms with Crippen LogP contribution in [0.4, 0.5) is 0 Å². The zero-order valence-corrected chi connectivity index (χ0v) is 12.6. The second kappa shape index (κ2) is 6.32. The first-order valence-corrected chi connectivity index (χ1v) is 7.22. The summed E-state index contributed by atoms with van der Waals surface area (Å²) in [7, 11) is 1.90. The Labute approximate surface area is 121 Å². The molecule has 2 unspecified atom stereocenters. The molecule has 0 bridgehead atoms. The van der Waals surface area contributed by atoms with E-state index in [1.165, 1.54) is 0 Å². The summed E-state index contributed by atoms with van der Waals surface area (Å²) in [4.78, 5) is 0. The van der Waals surface area contributed by atoms with Crippen molar-refractivity contribution in [3.63, 3.8) is 0 Å². The number of rotatable bonds is 5. The summed E-state index contributed by atoms with van der Waals surface area (Å²) in [6, 6.07) is 7.54. The fraction of sp³-hybridized carbons (Fsp3) is 0.385. The number of nitrogens with one attached hydrogen (secondary N) is 1. The molecule has 2 rings (SSSR count). The van der Waals surface area contributed by atoms with Crippen LogP contribution in [0.25, 0.3) is 0 Å². The summed E-state index contributed by atoms with van der Waals surface area (Å²) in [5, 5.41) is 14.0. The third-order valence-corrected chi connectivity index (χ3v) is 4.22. The molecular weight excluding hydrogens is 282 g/mol. The molecule has 0 saturated carbocycles. The van der Waals surface area contributed by atoms with E-state index in [4.69, 9.17) is 16.3 Å². The molecule has 0 aliphatic rings. The van der Waals surface area contributed by atoms with Crippen molar-refractivity contribution in [3.8, 4) is 5.75 Å². The topological polar surface area (TPSA) is 47.0 Å². The van der Waals surface area contributed by atoms with Gasteiger partial charge in [0.25, 0.3) is 0 Å². The lowest BCUT2D eigenvalue weighted by molar-refractivity contribution is 0.225. The lowest BCUT2D eigenvalue weighted by Crippen LogP contribution is -2.11. The molecule has 1 aromatic carbocycles. The zero-order valence-electron chi connectivity index (χ0n) is 11.1. The highest BCUT2D eigenvalue weighted by Gasteiger charge is 2.16. The van der Waals surface area contributed by atoms with Crippen LogP contribution in [0.3, 0.4) is 0 Å². The van der Waals surface area contributed by atoms with Crippen LogP contribution in [-0.2, 0) is 0 Å². The van der Waals surface area contributed by atoms with Gasteiger partial charge in [0.1, 0.15) is 16.9 Å². The number of nitrogens with zero attached hydrogens (tertiary/aromatic N) is 2. The highest BCUT2D eigenvalue weighted by Crippen LogP contribution is 2.27. The molecule has 0 aliphatic carbocycles. The van der Waals surface area contributed by atoms with Crippen LogP contribution in [0.5, 0.6) is 5.75 Å². The molecule has 0 amide bonds. The van der Waals surface area contributed by atoms with Gasteiger partial charge in [-0.2, -0.15) is 0 Å². The van der Waals surface area contributed by atoms with E-state index >= 15 is 0 Å². The van der Waals surface area contributed by atoms with Crippen LogP contribution < -0.4 is 10.1 Å². The Morgan fingerprint density at radius 3 is 2.68 bits per heavy atom. The SMILES string of the molecule is CNC(C)c1nnc(C(C)Oc2cccc(Cl)c2)s1. The van der Waals surface area contributed by atoms with Crippen LogP contribution >= 0.6 is 22.9 Å². The second-order valence-corrected chi connectivity index (χ2v) is 5.68. The molecule has 6 heteroatoms. The van der Waals surface area contributed by atoms with E-state index in [0.29, 0.717) is 5.02 Å². The minimum Gasteiger partial charge on any atom is -0.483 e. The van der Waals surface area contributed by atoms with Crippen LogP contribution in [0.1, 0.15) is 36.0 Å². The predicted molar refractivity (Wildman–Crippen MR) is 77.9 cm³/mol. The Balaban J connectivity index is 2.07. The number of ether oxygens (including phenoxy) is 1. The van der Waals surface area contributed by atoms with E-state index in [1.54, 1.807) is 17.4 Å². The van der Waals surface area contributed by atoms with Gasteiger partial charge in [-0.25, -0.2) is 0 Å². The number of hydrogen-bond acceptors (Lipinski definition) is 5. The van der Waals surface area contributed by atoms with Gasteiger partial charge in [-0.15, -0.1) is 10.2 Å². The van der Waals surface area contributed by atoms with E-state index in [-0.39, 0.29) is 12.1 Å². The Hall–Kier alpha value is -1.17. The molecule has 0 spiro atoms. The van der Waals surface area contributed by atoms with Gasteiger partial charge in [-0.05, 0) is 39.1 Å². The Morgan fingerprint density at radius 1 is 1.26 bits per heavy atom. The predicted octanol–water partition coefficient (Wildman–Crippen LogP) is 3.61. The highest BCUT2D eigenvalue weighted by atomic mass is 35.5. The van der Waals surface area contributed by atoms with Crippen molar-refractivity contribution in [1.29, 1.82) is 0 Å². The van der Waals surface area contributed by atoms with Gasteiger partial charge >= 0.3 is 0 Å². The van der Waals surface area contributed by atoms with E-state index in [2.05, 4.69) is 15.5 Å². The molecule has 2 atom stereocenters. The van der Waals surface area contributed by atoms with E-state index in [1.807, 2.05) is 39.1 Å². The molecule has 4 nitrogen and oxygen atoms in total. The minimum atomic E-state index is -0.145. The number of benzene rings is 1. The maximum atomic E-state index is 5.93. The van der Waals surface area contributed by atoms with Gasteiger partial charge in [0.2, 0.25) is 0 Å². The van der Waals surface area contributed by atoms with Crippen LogP contribution in [0, 0.1) is 0 Å². The third kappa shape index (κ3) is 3.65. The smallest absolute Gasteiger partial charge is 0.158 e. The summed E-state index contributed by atoms with van der Waals surface area (Å²) in [6.07, 6.45) is -0.145. The molecule has 19 heavy (non-hydrogen) atoms. The average molecular weight is 298 g/mol. The van der Waals surface area contributed by atoms with Crippen molar-refractivity contribution in [3.05, 3.63) is 39.3 Å². The molecule has 1 heterocycles. The van der Waals surface area contributed by atoms with Crippen LogP contribution in [0.2, 0.25) is 5.02 Å². The van der Waals surface area contributed by atoms with Crippen LogP contribution in [0.15, 0.2) is 24.3 Å². The third-order valence-electron chi connectivity index (χ3n) is 2.72. The summed E-state index contributed by atoms with van der Waals surface area (Å²) in [5.41, 5.74) is 0. The number of aromatic nitrogens is 2. The Morgan fingerprint density at radius 2 is 2.00 bits per heavy atom. The van der Waals surface area contributed by atoms with Gasteiger partial charge in [-0.3, -0.25) is 0 Å². The molecule has 1 N–H and O–H groups in total. The number of halogens is 1. The van der Waals surface area contributed by atoms with Crippen molar-refractivity contribution >= 4 is 22.9 Å². The molecule has 2 aromatic rings. The molecule has 0 saturated heterocycles. The molecule has 102 valence electrons.